The zero-order chi connectivity index (χ0) is 9.68. The van der Waals surface area contributed by atoms with E-state index in [0.29, 0.717) is 5.92 Å². The number of rotatable bonds is 2. The normalized spacial score (nSPS) is 21.1. The molecule has 0 aromatic rings. The number of carbonyl (C=O) groups is 1. The maximum atomic E-state index is 11.3. The smallest absolute Gasteiger partial charge is 0.298 e. The van der Waals surface area contributed by atoms with Crippen LogP contribution in [-0.2, 0) is 9.53 Å². The van der Waals surface area contributed by atoms with E-state index in [4.69, 9.17) is 4.74 Å². The lowest BCUT2D eigenvalue weighted by atomic mass is 10.1. The van der Waals surface area contributed by atoms with E-state index >= 15 is 0 Å². The fraction of sp³-hybridized carbons (Fsp3) is 0.700. The van der Waals surface area contributed by atoms with Crippen LogP contribution in [0.3, 0.4) is 0 Å². The van der Waals surface area contributed by atoms with Crippen LogP contribution < -0.4 is 0 Å². The molecule has 1 heterocycles. The summed E-state index contributed by atoms with van der Waals surface area (Å²) < 4.78 is 5.04. The molecule has 0 aromatic carbocycles. The van der Waals surface area contributed by atoms with Crippen LogP contribution in [-0.4, -0.2) is 37.6 Å². The second-order valence-corrected chi connectivity index (χ2v) is 3.24. The van der Waals surface area contributed by atoms with E-state index in [2.05, 4.69) is 11.8 Å². The number of methoxy groups -OCH3 is 1. The molecule has 0 N–H and O–H groups in total. The highest BCUT2D eigenvalue weighted by molar-refractivity contribution is 5.93. The third-order valence-corrected chi connectivity index (χ3v) is 2.21. The van der Waals surface area contributed by atoms with Crippen LogP contribution in [0.2, 0.25) is 0 Å². The van der Waals surface area contributed by atoms with E-state index in [9.17, 15) is 4.79 Å². The van der Waals surface area contributed by atoms with E-state index in [1.807, 2.05) is 0 Å². The Kier molecular flexibility index (Phi) is 3.78. The summed E-state index contributed by atoms with van der Waals surface area (Å²) in [6.07, 6.45) is 1.03. The Morgan fingerprint density at radius 1 is 1.69 bits per heavy atom. The Labute approximate surface area is 79.1 Å². The largest absolute Gasteiger partial charge is 0.384 e. The topological polar surface area (TPSA) is 29.5 Å². The van der Waals surface area contributed by atoms with Crippen LogP contribution >= 0.6 is 0 Å². The molecule has 0 aromatic heterocycles. The minimum atomic E-state index is -0.0545. The standard InChI is InChI=1S/C10H15NO2/c1-3-4-10(12)11-6-5-9(7-11)8-13-2/h9H,5-8H2,1-2H3/t9-/m0/s1. The molecule has 13 heavy (non-hydrogen) atoms. The van der Waals surface area contributed by atoms with Gasteiger partial charge in [0.2, 0.25) is 0 Å². The monoisotopic (exact) mass is 181 g/mol. The number of nitrogens with zero attached hydrogens (tertiary/aromatic N) is 1. The first-order valence-electron chi connectivity index (χ1n) is 4.48. The number of amides is 1. The molecule has 3 nitrogen and oxygen atoms in total. The van der Waals surface area contributed by atoms with Crippen molar-refractivity contribution in [3.05, 3.63) is 0 Å². The molecule has 0 bridgehead atoms. The first kappa shape index (κ1) is 10.1. The van der Waals surface area contributed by atoms with Crippen molar-refractivity contribution in [3.63, 3.8) is 0 Å². The van der Waals surface area contributed by atoms with Crippen molar-refractivity contribution in [1.29, 1.82) is 0 Å². The van der Waals surface area contributed by atoms with Gasteiger partial charge in [-0.1, -0.05) is 5.92 Å². The van der Waals surface area contributed by atoms with Crippen molar-refractivity contribution in [2.45, 2.75) is 13.3 Å². The van der Waals surface area contributed by atoms with Gasteiger partial charge in [-0.05, 0) is 19.3 Å². The lowest BCUT2D eigenvalue weighted by Crippen LogP contribution is -2.27. The summed E-state index contributed by atoms with van der Waals surface area (Å²) in [6, 6.07) is 0. The van der Waals surface area contributed by atoms with Crippen molar-refractivity contribution in [3.8, 4) is 11.8 Å². The van der Waals surface area contributed by atoms with Crippen LogP contribution in [0.25, 0.3) is 0 Å². The number of likely N-dealkylation sites (tertiary alicyclic amines) is 1. The number of hydrogen-bond acceptors (Lipinski definition) is 2. The maximum absolute atomic E-state index is 11.3. The van der Waals surface area contributed by atoms with Gasteiger partial charge in [0.05, 0.1) is 6.61 Å². The molecule has 1 atom stereocenters. The lowest BCUT2D eigenvalue weighted by Gasteiger charge is -2.12. The van der Waals surface area contributed by atoms with Crippen LogP contribution in [0.15, 0.2) is 0 Å². The Morgan fingerprint density at radius 3 is 3.08 bits per heavy atom. The molecule has 72 valence electrons. The van der Waals surface area contributed by atoms with Crippen LogP contribution in [0.5, 0.6) is 0 Å². The SMILES string of the molecule is CC#CC(=O)N1CC[C@H](COC)C1. The summed E-state index contributed by atoms with van der Waals surface area (Å²) in [5.41, 5.74) is 0. The third kappa shape index (κ3) is 2.74. The van der Waals surface area contributed by atoms with Gasteiger partial charge in [0.1, 0.15) is 0 Å². The van der Waals surface area contributed by atoms with Crippen molar-refractivity contribution >= 4 is 5.91 Å². The minimum Gasteiger partial charge on any atom is -0.384 e. The minimum absolute atomic E-state index is 0.0545. The Bertz CT molecular complexity index is 239. The Balaban J connectivity index is 2.39. The summed E-state index contributed by atoms with van der Waals surface area (Å²) in [5.74, 6) is 5.60. The van der Waals surface area contributed by atoms with Gasteiger partial charge in [-0.25, -0.2) is 0 Å². The molecule has 0 aliphatic carbocycles. The first-order valence-corrected chi connectivity index (χ1v) is 4.48. The average Bonchev–Trinajstić information content (AvgIpc) is 2.54. The van der Waals surface area contributed by atoms with Crippen LogP contribution in [0.4, 0.5) is 0 Å². The molecule has 1 rings (SSSR count). The highest BCUT2D eigenvalue weighted by Gasteiger charge is 2.24. The number of carbonyl (C=O) groups excluding carboxylic acids is 1. The highest BCUT2D eigenvalue weighted by atomic mass is 16.5. The number of hydrogen-bond donors (Lipinski definition) is 0. The lowest BCUT2D eigenvalue weighted by molar-refractivity contribution is -0.124. The summed E-state index contributed by atoms with van der Waals surface area (Å²) in [5, 5.41) is 0. The van der Waals surface area contributed by atoms with E-state index in [0.717, 1.165) is 26.1 Å². The van der Waals surface area contributed by atoms with Gasteiger partial charge >= 0.3 is 0 Å². The van der Waals surface area contributed by atoms with Gasteiger partial charge in [-0.2, -0.15) is 0 Å². The molecule has 0 spiro atoms. The van der Waals surface area contributed by atoms with E-state index < -0.39 is 0 Å². The summed E-state index contributed by atoms with van der Waals surface area (Å²) in [7, 11) is 1.69. The fourth-order valence-electron chi connectivity index (χ4n) is 1.57. The van der Waals surface area contributed by atoms with E-state index in [-0.39, 0.29) is 5.91 Å². The highest BCUT2D eigenvalue weighted by Crippen LogP contribution is 2.15. The van der Waals surface area contributed by atoms with E-state index in [1.165, 1.54) is 0 Å². The van der Waals surface area contributed by atoms with E-state index in [1.54, 1.807) is 18.9 Å². The molecule has 1 aliphatic heterocycles. The average molecular weight is 181 g/mol. The Hall–Kier alpha value is -1.01. The maximum Gasteiger partial charge on any atom is 0.298 e. The second-order valence-electron chi connectivity index (χ2n) is 3.24. The van der Waals surface area contributed by atoms with Gasteiger partial charge in [0.25, 0.3) is 5.91 Å². The molecule has 1 fully saturated rings. The van der Waals surface area contributed by atoms with Gasteiger partial charge in [0, 0.05) is 26.1 Å². The molecule has 0 unspecified atom stereocenters. The molecule has 3 heteroatoms. The summed E-state index contributed by atoms with van der Waals surface area (Å²) in [6.45, 7) is 4.03. The Morgan fingerprint density at radius 2 is 2.46 bits per heavy atom. The molecule has 0 radical (unpaired) electrons. The molecular weight excluding hydrogens is 166 g/mol. The molecule has 1 saturated heterocycles. The number of ether oxygens (including phenoxy) is 1. The second kappa shape index (κ2) is 4.88. The van der Waals surface area contributed by atoms with Crippen molar-refractivity contribution in [2.24, 2.45) is 5.92 Å². The predicted octanol–water partition coefficient (Wildman–Crippen LogP) is 0.505. The molecular formula is C10H15NO2. The fourth-order valence-corrected chi connectivity index (χ4v) is 1.57. The zero-order valence-corrected chi connectivity index (χ0v) is 8.17. The van der Waals surface area contributed by atoms with Crippen molar-refractivity contribution in [2.75, 3.05) is 26.8 Å². The van der Waals surface area contributed by atoms with Gasteiger partial charge in [-0.15, -0.1) is 0 Å². The summed E-state index contributed by atoms with van der Waals surface area (Å²) in [4.78, 5) is 13.1. The zero-order valence-electron chi connectivity index (χ0n) is 8.17. The molecule has 0 saturated carbocycles. The molecule has 1 amide bonds. The summed E-state index contributed by atoms with van der Waals surface area (Å²) >= 11 is 0. The third-order valence-electron chi connectivity index (χ3n) is 2.21. The van der Waals surface area contributed by atoms with Crippen molar-refractivity contribution in [1.82, 2.24) is 4.90 Å². The van der Waals surface area contributed by atoms with Crippen LogP contribution in [0, 0.1) is 17.8 Å². The van der Waals surface area contributed by atoms with Gasteiger partial charge < -0.3 is 9.64 Å². The quantitative estimate of drug-likeness (QED) is 0.581. The predicted molar refractivity (Wildman–Crippen MR) is 50.0 cm³/mol. The van der Waals surface area contributed by atoms with Gasteiger partial charge in [0.15, 0.2) is 0 Å². The first-order chi connectivity index (χ1) is 6.27. The molecule has 1 aliphatic rings. The van der Waals surface area contributed by atoms with Crippen molar-refractivity contribution < 1.29 is 9.53 Å². The van der Waals surface area contributed by atoms with Gasteiger partial charge in [-0.3, -0.25) is 4.79 Å². The van der Waals surface area contributed by atoms with Crippen LogP contribution in [0.1, 0.15) is 13.3 Å².